The number of aliphatic hydroxyl groups is 1. The molecule has 2 aromatic heterocycles. The van der Waals surface area contributed by atoms with Crippen molar-refractivity contribution in [2.45, 2.75) is 108 Å². The number of phosphoric ester groups is 2. The van der Waals surface area contributed by atoms with E-state index in [1.807, 2.05) is 0 Å². The number of nitrogens with zero attached hydrogens (tertiary/aromatic N) is 4. The molecule has 19 nitrogen and oxygen atoms in total. The van der Waals surface area contributed by atoms with Gasteiger partial charge in [0.25, 0.3) is 0 Å². The van der Waals surface area contributed by atoms with Crippen LogP contribution in [0.25, 0.3) is 11.2 Å². The Bertz CT molecular complexity index is 1250. The molecule has 3 rings (SSSR count). The summed E-state index contributed by atoms with van der Waals surface area (Å²) in [6, 6.07) is 0. The summed E-state index contributed by atoms with van der Waals surface area (Å²) in [7, 11) is -11.0. The maximum absolute atomic E-state index is 10.9. The number of aromatic nitrogens is 4. The van der Waals surface area contributed by atoms with E-state index in [1.54, 1.807) is 19.6 Å². The van der Waals surface area contributed by atoms with Gasteiger partial charge in [-0.15, -0.1) is 0 Å². The Morgan fingerprint density at radius 1 is 0.691 bits per heavy atom. The third-order valence-corrected chi connectivity index (χ3v) is 10.6. The molecule has 326 valence electrons. The van der Waals surface area contributed by atoms with Gasteiger partial charge in [-0.25, -0.2) is 15.0 Å². The maximum atomic E-state index is 10.9. The van der Waals surface area contributed by atoms with Crippen molar-refractivity contribution in [1.82, 2.24) is 19.5 Å². The summed E-state index contributed by atoms with van der Waals surface area (Å²) in [5.41, 5.74) is 5.88. The Balaban J connectivity index is 0. The molecule has 21 heteroatoms. The van der Waals surface area contributed by atoms with Crippen molar-refractivity contribution in [1.29, 1.82) is 0 Å². The van der Waals surface area contributed by atoms with Gasteiger partial charge in [0.15, 0.2) is 17.7 Å². The van der Waals surface area contributed by atoms with Gasteiger partial charge in [-0.3, -0.25) is 4.57 Å². The lowest BCUT2D eigenvalue weighted by Gasteiger charge is -2.35. The predicted molar refractivity (Wildman–Crippen MR) is 206 cm³/mol. The van der Waals surface area contributed by atoms with Crippen molar-refractivity contribution in [3.05, 3.63) is 12.7 Å². The number of hydrogen-bond acceptors (Lipinski definition) is 14. The van der Waals surface area contributed by atoms with E-state index in [1.165, 1.54) is 78.5 Å². The lowest BCUT2D eigenvalue weighted by molar-refractivity contribution is -0.894. The monoisotopic (exact) mass is 832 g/mol. The molecule has 0 aromatic carbocycles. The SMILES string of the molecule is CC[NH+](CC)CC.CC[NH+](CC)CC.CC[NH+](CC)CC.CC[NH+](CC)CC.Nc1ncnc2c1ncn2C1OC(COP(=O)([O-])[O-])C(OP(=O)([O-])[O-])C1O. The molecule has 2 aromatic rings. The van der Waals surface area contributed by atoms with E-state index in [0.29, 0.717) is 0 Å². The summed E-state index contributed by atoms with van der Waals surface area (Å²) >= 11 is 0. The second-order valence-corrected chi connectivity index (χ2v) is 14.9. The molecule has 1 saturated heterocycles. The fourth-order valence-corrected chi connectivity index (χ4v) is 6.47. The molecule has 0 saturated carbocycles. The molecule has 0 spiro atoms. The standard InChI is InChI=1S/C10H15N5O10P2.4C6H15N/c11-8-5-9(13-2-12-8)15(3-14-5)10-6(16)7(25-27(20,21)22)4(24-10)1-23-26(17,18)19;4*1-4-7(5-2)6-3/h2-4,6-7,10,16H,1H2,(H2,11,12,13)(H2,17,18,19)(H2,20,21,22);4*4-6H2,1-3H3. The number of fused-ring (bicyclic) bond motifs is 1. The number of anilines is 1. The van der Waals surface area contributed by atoms with Gasteiger partial charge in [-0.1, -0.05) is 0 Å². The minimum absolute atomic E-state index is 0.0150. The molecule has 7 N–H and O–H groups in total. The van der Waals surface area contributed by atoms with E-state index in [-0.39, 0.29) is 17.0 Å². The molecule has 4 unspecified atom stereocenters. The summed E-state index contributed by atoms with van der Waals surface area (Å²) < 4.78 is 36.4. The van der Waals surface area contributed by atoms with Crippen LogP contribution in [0.15, 0.2) is 12.7 Å². The first-order valence-electron chi connectivity index (χ1n) is 19.8. The number of aliphatic hydroxyl groups excluding tert-OH is 1. The second kappa shape index (κ2) is 30.4. The normalized spacial score (nSPS) is 18.3. The van der Waals surface area contributed by atoms with Gasteiger partial charge in [0, 0.05) is 0 Å². The van der Waals surface area contributed by atoms with Crippen LogP contribution in [0.2, 0.25) is 0 Å². The summed E-state index contributed by atoms with van der Waals surface area (Å²) in [5, 5.41) is 10.4. The maximum Gasteiger partial charge on any atom is 0.167 e. The van der Waals surface area contributed by atoms with Gasteiger partial charge in [0.05, 0.1) is 107 Å². The largest absolute Gasteiger partial charge is 0.790 e. The average molecular weight is 832 g/mol. The van der Waals surface area contributed by atoms with Crippen LogP contribution in [0.4, 0.5) is 5.82 Å². The molecule has 3 heterocycles. The molecule has 0 radical (unpaired) electrons. The Morgan fingerprint density at radius 3 is 1.38 bits per heavy atom. The average Bonchev–Trinajstić information content (AvgIpc) is 3.71. The Hall–Kier alpha value is -1.67. The third-order valence-electron chi connectivity index (χ3n) is 9.62. The number of nitrogen functional groups attached to an aromatic ring is 1. The van der Waals surface area contributed by atoms with Gasteiger partial charge in [-0.2, -0.15) is 0 Å². The van der Waals surface area contributed by atoms with Gasteiger partial charge in [0.2, 0.25) is 0 Å². The number of nitrogens with one attached hydrogen (secondary N) is 4. The first kappa shape index (κ1) is 55.4. The van der Waals surface area contributed by atoms with Crippen molar-refractivity contribution in [2.75, 3.05) is 90.9 Å². The molecule has 4 atom stereocenters. The van der Waals surface area contributed by atoms with Crippen LogP contribution in [0, 0.1) is 0 Å². The van der Waals surface area contributed by atoms with E-state index in [9.17, 15) is 33.8 Å². The quantitative estimate of drug-likeness (QED) is 0.0774. The molecular formula is C34H75N9O10P2. The summed E-state index contributed by atoms with van der Waals surface area (Å²) in [4.78, 5) is 61.5. The highest BCUT2D eigenvalue weighted by Crippen LogP contribution is 2.40. The summed E-state index contributed by atoms with van der Waals surface area (Å²) in [6.07, 6.45) is -4.40. The van der Waals surface area contributed by atoms with Crippen molar-refractivity contribution in [2.24, 2.45) is 0 Å². The molecule has 0 bridgehead atoms. The third kappa shape index (κ3) is 22.8. The Kier molecular flexibility index (Phi) is 30.7. The molecule has 1 fully saturated rings. The van der Waals surface area contributed by atoms with Gasteiger partial charge in [-0.05, 0) is 83.1 Å². The number of hydrogen-bond donors (Lipinski definition) is 6. The molecule has 0 amide bonds. The number of rotatable bonds is 18. The number of quaternary nitrogens is 4. The predicted octanol–water partition coefficient (Wildman–Crippen LogP) is -4.55. The topological polar surface area (TPSA) is 262 Å². The molecule has 0 aliphatic carbocycles. The molecule has 1 aliphatic rings. The summed E-state index contributed by atoms with van der Waals surface area (Å²) in [6.45, 7) is 41.0. The van der Waals surface area contributed by atoms with Crippen molar-refractivity contribution < 1.29 is 67.2 Å². The lowest BCUT2D eigenvalue weighted by Crippen LogP contribution is -3.11. The van der Waals surface area contributed by atoms with Gasteiger partial charge < -0.3 is 72.9 Å². The molecular weight excluding hydrogens is 756 g/mol. The number of phosphoric acid groups is 2. The smallest absolute Gasteiger partial charge is 0.167 e. The van der Waals surface area contributed by atoms with Crippen LogP contribution in [-0.4, -0.2) is 128 Å². The van der Waals surface area contributed by atoms with E-state index in [4.69, 9.17) is 10.5 Å². The summed E-state index contributed by atoms with van der Waals surface area (Å²) in [5.74, 6) is 0.0150. The highest BCUT2D eigenvalue weighted by molar-refractivity contribution is 7.43. The van der Waals surface area contributed by atoms with Crippen molar-refractivity contribution >= 4 is 32.6 Å². The van der Waals surface area contributed by atoms with E-state index in [2.05, 4.69) is 107 Å². The van der Waals surface area contributed by atoms with Crippen LogP contribution in [-0.2, 0) is 22.9 Å². The van der Waals surface area contributed by atoms with E-state index in [0.717, 1.165) is 17.2 Å². The number of imidazole rings is 1. The second-order valence-electron chi connectivity index (χ2n) is 12.6. The first-order valence-corrected chi connectivity index (χ1v) is 22.7. The minimum Gasteiger partial charge on any atom is -0.790 e. The number of ether oxygens (including phenoxy) is 1. The fourth-order valence-electron chi connectivity index (χ4n) is 5.58. The van der Waals surface area contributed by atoms with Gasteiger partial charge in [0.1, 0.15) is 30.2 Å². The van der Waals surface area contributed by atoms with Gasteiger partial charge >= 0.3 is 0 Å². The van der Waals surface area contributed by atoms with Crippen molar-refractivity contribution in [3.63, 3.8) is 0 Å². The fraction of sp³-hybridized carbons (Fsp3) is 0.853. The Labute approximate surface area is 330 Å². The molecule has 55 heavy (non-hydrogen) atoms. The highest BCUT2D eigenvalue weighted by atomic mass is 31.2. The Morgan fingerprint density at radius 2 is 1.07 bits per heavy atom. The van der Waals surface area contributed by atoms with Crippen LogP contribution in [0.3, 0.4) is 0 Å². The van der Waals surface area contributed by atoms with Crippen LogP contribution in [0.1, 0.15) is 89.3 Å². The zero-order valence-corrected chi connectivity index (χ0v) is 37.3. The zero-order valence-electron chi connectivity index (χ0n) is 35.5. The zero-order chi connectivity index (χ0) is 42.8. The minimum atomic E-state index is -5.60. The van der Waals surface area contributed by atoms with E-state index < -0.39 is 46.8 Å². The van der Waals surface area contributed by atoms with E-state index >= 15 is 0 Å². The van der Waals surface area contributed by atoms with Crippen LogP contribution < -0.4 is 44.9 Å². The highest BCUT2D eigenvalue weighted by Gasteiger charge is 2.47. The van der Waals surface area contributed by atoms with Crippen molar-refractivity contribution in [3.8, 4) is 0 Å². The number of nitrogens with two attached hydrogens (primary N) is 1. The molecule has 1 aliphatic heterocycles. The lowest BCUT2D eigenvalue weighted by atomic mass is 10.1. The first-order chi connectivity index (χ1) is 25.8. The van der Waals surface area contributed by atoms with Crippen LogP contribution in [0.5, 0.6) is 0 Å². The van der Waals surface area contributed by atoms with Crippen LogP contribution >= 0.6 is 15.6 Å².